The molecule has 0 saturated heterocycles. The first-order valence-corrected chi connectivity index (χ1v) is 6.52. The van der Waals surface area contributed by atoms with Crippen LogP contribution in [0.25, 0.3) is 22.3 Å². The summed E-state index contributed by atoms with van der Waals surface area (Å²) in [4.78, 5) is 22.1. The molecule has 6 heteroatoms. The molecule has 1 aliphatic carbocycles. The lowest BCUT2D eigenvalue weighted by atomic mass is 10.0. The van der Waals surface area contributed by atoms with E-state index in [0.29, 0.717) is 22.3 Å². The summed E-state index contributed by atoms with van der Waals surface area (Å²) >= 11 is 0. The summed E-state index contributed by atoms with van der Waals surface area (Å²) < 4.78 is 5.08. The summed E-state index contributed by atoms with van der Waals surface area (Å²) in [7, 11) is 0. The lowest BCUT2D eigenvalue weighted by Crippen LogP contribution is -2.02. The molecule has 0 unspecified atom stereocenters. The lowest BCUT2D eigenvalue weighted by Gasteiger charge is -2.02. The van der Waals surface area contributed by atoms with E-state index >= 15 is 0 Å². The summed E-state index contributed by atoms with van der Waals surface area (Å²) in [6.07, 6.45) is 2.34. The van der Waals surface area contributed by atoms with Crippen LogP contribution in [0.4, 0.5) is 5.69 Å². The number of carboxylic acids is 1. The van der Waals surface area contributed by atoms with E-state index in [0.717, 1.165) is 0 Å². The number of benzene rings is 1. The Morgan fingerprint density at radius 2 is 1.91 bits per heavy atom. The van der Waals surface area contributed by atoms with Crippen LogP contribution in [0.2, 0.25) is 0 Å². The minimum absolute atomic E-state index is 0.163. The third-order valence-corrected chi connectivity index (χ3v) is 3.48. The van der Waals surface area contributed by atoms with Gasteiger partial charge in [-0.15, -0.1) is 0 Å². The van der Waals surface area contributed by atoms with Crippen molar-refractivity contribution in [2.24, 2.45) is 0 Å². The third-order valence-electron chi connectivity index (χ3n) is 3.48. The first-order chi connectivity index (χ1) is 10.6. The Morgan fingerprint density at radius 1 is 1.18 bits per heavy atom. The molecular weight excluding hydrogens is 286 g/mol. The van der Waals surface area contributed by atoms with Gasteiger partial charge in [-0.25, -0.2) is 0 Å². The lowest BCUT2D eigenvalue weighted by molar-refractivity contribution is -0.384. The number of rotatable bonds is 4. The molecule has 0 aromatic heterocycles. The van der Waals surface area contributed by atoms with Gasteiger partial charge in [0, 0.05) is 11.1 Å². The predicted octanol–water partition coefficient (Wildman–Crippen LogP) is 3.59. The van der Waals surface area contributed by atoms with Gasteiger partial charge in [-0.05, 0) is 11.6 Å². The number of nitrogens with zero attached hydrogens (tertiary/aromatic N) is 1. The molecule has 6 nitrogen and oxygen atoms in total. The number of carbonyl (C=O) groups is 1. The Morgan fingerprint density at radius 3 is 2.55 bits per heavy atom. The molecule has 1 N–H and O–H groups in total. The molecule has 0 spiro atoms. The predicted molar refractivity (Wildman–Crippen MR) is 78.8 cm³/mol. The molecule has 22 heavy (non-hydrogen) atoms. The first-order valence-electron chi connectivity index (χ1n) is 6.52. The van der Waals surface area contributed by atoms with Crippen LogP contribution in [0.3, 0.4) is 0 Å². The average Bonchev–Trinajstić information content (AvgIpc) is 2.82. The van der Waals surface area contributed by atoms with Crippen molar-refractivity contribution in [3.8, 4) is 22.3 Å². The van der Waals surface area contributed by atoms with Crippen molar-refractivity contribution in [2.45, 2.75) is 6.42 Å². The van der Waals surface area contributed by atoms with E-state index in [1.54, 1.807) is 30.3 Å². The topological polar surface area (TPSA) is 93.6 Å². The Bertz CT molecular complexity index is 822. The zero-order valence-corrected chi connectivity index (χ0v) is 11.4. The van der Waals surface area contributed by atoms with Crippen molar-refractivity contribution in [1.29, 1.82) is 0 Å². The van der Waals surface area contributed by atoms with Gasteiger partial charge >= 0.3 is 5.97 Å². The van der Waals surface area contributed by atoms with Crippen LogP contribution in [0.5, 0.6) is 0 Å². The van der Waals surface area contributed by atoms with Crippen molar-refractivity contribution in [3.63, 3.8) is 0 Å². The van der Waals surface area contributed by atoms with Gasteiger partial charge in [0.1, 0.15) is 0 Å². The Kier molecular flexibility index (Phi) is 3.34. The average molecular weight is 297 g/mol. The van der Waals surface area contributed by atoms with Crippen LogP contribution in [-0.2, 0) is 11.2 Å². The highest BCUT2D eigenvalue weighted by molar-refractivity contribution is 5.98. The van der Waals surface area contributed by atoms with Gasteiger partial charge in [0.15, 0.2) is 0 Å². The van der Waals surface area contributed by atoms with E-state index in [1.807, 2.05) is 6.07 Å². The number of hydrogen-bond donors (Lipinski definition) is 1. The van der Waals surface area contributed by atoms with Crippen LogP contribution in [0.1, 0.15) is 5.56 Å². The van der Waals surface area contributed by atoms with Crippen LogP contribution in [-0.4, -0.2) is 16.0 Å². The zero-order chi connectivity index (χ0) is 15.7. The van der Waals surface area contributed by atoms with E-state index in [1.165, 1.54) is 12.5 Å². The minimum atomic E-state index is -1.13. The number of fused-ring (bicyclic) bond motifs is 1. The molecule has 3 rings (SSSR count). The van der Waals surface area contributed by atoms with Gasteiger partial charge in [-0.2, -0.15) is 0 Å². The highest BCUT2D eigenvalue weighted by Crippen LogP contribution is 2.47. The summed E-state index contributed by atoms with van der Waals surface area (Å²) in [6, 6.07) is 10.5. The monoisotopic (exact) mass is 297 g/mol. The highest BCUT2D eigenvalue weighted by Gasteiger charge is 2.33. The van der Waals surface area contributed by atoms with Crippen LogP contribution >= 0.6 is 0 Å². The maximum atomic E-state index is 11.5. The van der Waals surface area contributed by atoms with Gasteiger partial charge in [0.05, 0.1) is 35.0 Å². The van der Waals surface area contributed by atoms with Crippen LogP contribution < -0.4 is 0 Å². The Labute approximate surface area is 125 Å². The van der Waals surface area contributed by atoms with Crippen LogP contribution in [0, 0.1) is 10.1 Å². The molecule has 1 aromatic carbocycles. The van der Waals surface area contributed by atoms with Crippen molar-refractivity contribution in [1.82, 2.24) is 0 Å². The molecule has 1 heterocycles. The van der Waals surface area contributed by atoms with Gasteiger partial charge < -0.3 is 9.52 Å². The van der Waals surface area contributed by atoms with E-state index in [2.05, 4.69) is 0 Å². The first kappa shape index (κ1) is 13.8. The molecule has 1 aromatic rings. The fourth-order valence-electron chi connectivity index (χ4n) is 2.65. The molecule has 0 atom stereocenters. The Balaban J connectivity index is 2.38. The fourth-order valence-corrected chi connectivity index (χ4v) is 2.65. The summed E-state index contributed by atoms with van der Waals surface area (Å²) in [5.74, 6) is -1.13. The van der Waals surface area contributed by atoms with Crippen LogP contribution in [0.15, 0.2) is 53.3 Å². The summed E-state index contributed by atoms with van der Waals surface area (Å²) in [5, 5.41) is 20.6. The number of carboxylic acid groups (broad SMARTS) is 1. The van der Waals surface area contributed by atoms with Crippen molar-refractivity contribution >= 4 is 11.7 Å². The maximum Gasteiger partial charge on any atom is 0.308 e. The molecule has 0 saturated carbocycles. The second-order valence-corrected chi connectivity index (χ2v) is 4.78. The Hall–Kier alpha value is -3.15. The molecule has 2 aliphatic rings. The number of nitro groups is 1. The van der Waals surface area contributed by atoms with E-state index < -0.39 is 17.3 Å². The molecule has 110 valence electrons. The minimum Gasteiger partial charge on any atom is -0.481 e. The molecule has 0 bridgehead atoms. The van der Waals surface area contributed by atoms with Gasteiger partial charge in [0.2, 0.25) is 0 Å². The zero-order valence-electron chi connectivity index (χ0n) is 11.4. The van der Waals surface area contributed by atoms with Gasteiger partial charge in [0.25, 0.3) is 5.69 Å². The van der Waals surface area contributed by atoms with Gasteiger partial charge in [-0.3, -0.25) is 14.9 Å². The third kappa shape index (κ3) is 2.20. The second kappa shape index (κ2) is 5.33. The molecule has 0 amide bonds. The molecule has 1 aliphatic heterocycles. The number of hydrogen-bond acceptors (Lipinski definition) is 4. The summed E-state index contributed by atoms with van der Waals surface area (Å²) in [6.45, 7) is 0. The maximum absolute atomic E-state index is 11.5. The summed E-state index contributed by atoms with van der Waals surface area (Å²) in [5.41, 5.74) is 2.14. The molecule has 0 radical (unpaired) electrons. The van der Waals surface area contributed by atoms with Crippen molar-refractivity contribution < 1.29 is 19.2 Å². The van der Waals surface area contributed by atoms with E-state index in [4.69, 9.17) is 9.52 Å². The van der Waals surface area contributed by atoms with Crippen molar-refractivity contribution in [3.05, 3.63) is 64.6 Å². The van der Waals surface area contributed by atoms with E-state index in [9.17, 15) is 14.9 Å². The van der Waals surface area contributed by atoms with Crippen molar-refractivity contribution in [2.75, 3.05) is 0 Å². The largest absolute Gasteiger partial charge is 0.481 e. The van der Waals surface area contributed by atoms with Gasteiger partial charge in [-0.1, -0.05) is 30.3 Å². The fraction of sp³-hybridized carbons (Fsp3) is 0.0625. The molecular formula is C16H11NO5. The number of aliphatic carboxylic acids is 1. The quantitative estimate of drug-likeness (QED) is 0.586. The van der Waals surface area contributed by atoms with E-state index in [-0.39, 0.29) is 11.3 Å². The molecule has 0 fully saturated rings. The normalized spacial score (nSPS) is 10.7. The smallest absolute Gasteiger partial charge is 0.308 e. The SMILES string of the molecule is O=C(O)Cc1c2coccc-2c(-c2ccccc2)c1[N+](=O)[O-]. The standard InChI is InChI=1S/C16H11NO5/c18-14(19)8-12-13-9-22-7-6-11(13)15(16(12)17(20)21)10-4-2-1-3-5-10/h1-7,9H,8H2,(H,18,19). The highest BCUT2D eigenvalue weighted by atomic mass is 16.6. The second-order valence-electron chi connectivity index (χ2n) is 4.78.